The number of aromatic nitrogens is 2. The molecular formula is C26H31F3IN3O4Si. The minimum Gasteiger partial charge on any atom is -0.466 e. The van der Waals surface area contributed by atoms with E-state index in [0.717, 1.165) is 32.8 Å². The van der Waals surface area contributed by atoms with Crippen LogP contribution in [0.2, 0.25) is 25.7 Å². The lowest BCUT2D eigenvalue weighted by Crippen LogP contribution is -2.30. The largest absolute Gasteiger partial charge is 0.466 e. The number of aryl methyl sites for hydroxylation is 1. The fourth-order valence-corrected chi connectivity index (χ4v) is 4.96. The summed E-state index contributed by atoms with van der Waals surface area (Å²) >= 11 is 2.19. The number of benzene rings is 2. The van der Waals surface area contributed by atoms with Crippen LogP contribution in [0.25, 0.3) is 11.0 Å². The number of hydrogen-bond acceptors (Lipinski definition) is 4. The molecule has 0 fully saturated rings. The van der Waals surface area contributed by atoms with Gasteiger partial charge in [-0.25, -0.2) is 0 Å². The molecule has 2 aromatic carbocycles. The first kappa shape index (κ1) is 30.1. The summed E-state index contributed by atoms with van der Waals surface area (Å²) in [5.41, 5.74) is 0.709. The van der Waals surface area contributed by atoms with E-state index in [1.54, 1.807) is 4.57 Å². The molecule has 3 aromatic rings. The third-order valence-electron chi connectivity index (χ3n) is 5.69. The van der Waals surface area contributed by atoms with E-state index in [9.17, 15) is 22.8 Å². The van der Waals surface area contributed by atoms with Crippen LogP contribution in [0.4, 0.5) is 13.2 Å². The van der Waals surface area contributed by atoms with Crippen LogP contribution >= 0.6 is 22.6 Å². The van der Waals surface area contributed by atoms with Gasteiger partial charge in [0.15, 0.2) is 0 Å². The Morgan fingerprint density at radius 3 is 2.42 bits per heavy atom. The van der Waals surface area contributed by atoms with Crippen molar-refractivity contribution in [2.45, 2.75) is 58.5 Å². The van der Waals surface area contributed by atoms with Crippen molar-refractivity contribution < 1.29 is 32.2 Å². The zero-order chi connectivity index (χ0) is 28.1. The Morgan fingerprint density at radius 2 is 1.76 bits per heavy atom. The fraction of sp³-hybridized carbons (Fsp3) is 0.423. The number of alkyl halides is 3. The monoisotopic (exact) mass is 661 g/mol. The third-order valence-corrected chi connectivity index (χ3v) is 8.06. The zero-order valence-corrected chi connectivity index (χ0v) is 24.9. The molecule has 0 radical (unpaired) electrons. The Labute approximate surface area is 233 Å². The number of halogens is 4. The summed E-state index contributed by atoms with van der Waals surface area (Å²) in [6.07, 6.45) is -4.13. The van der Waals surface area contributed by atoms with Crippen molar-refractivity contribution in [3.05, 3.63) is 62.8 Å². The smallest absolute Gasteiger partial charge is 0.416 e. The van der Waals surface area contributed by atoms with Crippen LogP contribution in [0.5, 0.6) is 0 Å². The van der Waals surface area contributed by atoms with Crippen molar-refractivity contribution in [1.82, 2.24) is 9.13 Å². The quantitative estimate of drug-likeness (QED) is 0.114. The topological polar surface area (TPSA) is 74.8 Å². The molecule has 1 heterocycles. The first-order valence-corrected chi connectivity index (χ1v) is 16.9. The Balaban J connectivity index is 2.10. The van der Waals surface area contributed by atoms with Gasteiger partial charge in [-0.3, -0.25) is 14.2 Å². The number of fused-ring (bicyclic) bond motifs is 1. The molecular weight excluding hydrogens is 630 g/mol. The Morgan fingerprint density at radius 1 is 1.03 bits per heavy atom. The Bertz CT molecular complexity index is 1380. The van der Waals surface area contributed by atoms with Crippen molar-refractivity contribution in [3.8, 4) is 0 Å². The lowest BCUT2D eigenvalue weighted by Gasteiger charge is -2.15. The number of amides is 1. The number of imidazole rings is 1. The van der Waals surface area contributed by atoms with Gasteiger partial charge in [-0.2, -0.15) is 18.2 Å². The molecule has 0 spiro atoms. The van der Waals surface area contributed by atoms with Crippen molar-refractivity contribution in [2.75, 3.05) is 13.2 Å². The highest BCUT2D eigenvalue weighted by Gasteiger charge is 2.31. The summed E-state index contributed by atoms with van der Waals surface area (Å²) in [6, 6.07) is 10.9. The molecule has 0 aliphatic rings. The van der Waals surface area contributed by atoms with E-state index in [2.05, 4.69) is 47.2 Å². The van der Waals surface area contributed by atoms with Gasteiger partial charge in [0, 0.05) is 37.3 Å². The second kappa shape index (κ2) is 12.6. The molecule has 12 heteroatoms. The molecule has 0 saturated heterocycles. The summed E-state index contributed by atoms with van der Waals surface area (Å²) in [5.74, 6) is -1.20. The lowest BCUT2D eigenvalue weighted by molar-refractivity contribution is -0.141. The van der Waals surface area contributed by atoms with Gasteiger partial charge in [0.2, 0.25) is 5.62 Å². The van der Waals surface area contributed by atoms with Gasteiger partial charge in [-0.15, -0.1) is 0 Å². The van der Waals surface area contributed by atoms with Gasteiger partial charge < -0.3 is 14.0 Å². The molecule has 7 nitrogen and oxygen atoms in total. The van der Waals surface area contributed by atoms with Crippen LogP contribution in [0.15, 0.2) is 47.5 Å². The van der Waals surface area contributed by atoms with Gasteiger partial charge in [-0.1, -0.05) is 25.7 Å². The maximum Gasteiger partial charge on any atom is 0.416 e. The predicted molar refractivity (Wildman–Crippen MR) is 149 cm³/mol. The second-order valence-corrected chi connectivity index (χ2v) is 16.9. The molecule has 1 amide bonds. The van der Waals surface area contributed by atoms with Crippen LogP contribution in [-0.2, 0) is 33.7 Å². The number of carbonyl (C=O) groups excluding carboxylic acids is 2. The average Bonchev–Trinajstić information content (AvgIpc) is 3.09. The molecule has 206 valence electrons. The van der Waals surface area contributed by atoms with E-state index in [4.69, 9.17) is 9.47 Å². The lowest BCUT2D eigenvalue weighted by atomic mass is 10.1. The minimum absolute atomic E-state index is 0.118. The van der Waals surface area contributed by atoms with Crippen LogP contribution in [0, 0.1) is 3.57 Å². The van der Waals surface area contributed by atoms with E-state index in [1.807, 2.05) is 22.8 Å². The summed E-state index contributed by atoms with van der Waals surface area (Å²) < 4.78 is 55.3. The highest BCUT2D eigenvalue weighted by atomic mass is 127. The van der Waals surface area contributed by atoms with Crippen molar-refractivity contribution in [1.29, 1.82) is 0 Å². The van der Waals surface area contributed by atoms with Gasteiger partial charge >= 0.3 is 12.1 Å². The summed E-state index contributed by atoms with van der Waals surface area (Å²) in [7, 11) is -1.34. The van der Waals surface area contributed by atoms with E-state index >= 15 is 0 Å². The first-order chi connectivity index (χ1) is 17.8. The summed E-state index contributed by atoms with van der Waals surface area (Å²) in [6.45, 7) is 9.25. The van der Waals surface area contributed by atoms with Gasteiger partial charge in [0.05, 0.1) is 23.2 Å². The number of nitrogens with zero attached hydrogens (tertiary/aromatic N) is 3. The van der Waals surface area contributed by atoms with Crippen LogP contribution in [0.1, 0.15) is 29.3 Å². The summed E-state index contributed by atoms with van der Waals surface area (Å²) in [5, 5.41) is 0. The number of carbonyl (C=O) groups is 2. The predicted octanol–water partition coefficient (Wildman–Crippen LogP) is 6.07. The molecule has 0 unspecified atom stereocenters. The Hall–Kier alpha value is -2.45. The van der Waals surface area contributed by atoms with E-state index in [1.165, 1.54) is 19.1 Å². The number of hydrogen-bond donors (Lipinski definition) is 0. The summed E-state index contributed by atoms with van der Waals surface area (Å²) in [4.78, 5) is 28.7. The van der Waals surface area contributed by atoms with Crippen LogP contribution < -0.4 is 5.62 Å². The molecule has 3 rings (SSSR count). The minimum atomic E-state index is -4.58. The number of rotatable bonds is 10. The van der Waals surface area contributed by atoms with Crippen molar-refractivity contribution in [3.63, 3.8) is 0 Å². The van der Waals surface area contributed by atoms with Crippen molar-refractivity contribution in [2.24, 2.45) is 4.99 Å². The molecule has 0 aliphatic heterocycles. The number of esters is 1. The zero-order valence-electron chi connectivity index (χ0n) is 21.8. The van der Waals surface area contributed by atoms with Gasteiger partial charge in [-0.05, 0) is 71.5 Å². The normalized spacial score (nSPS) is 12.8. The third kappa shape index (κ3) is 8.27. The van der Waals surface area contributed by atoms with E-state index in [0.29, 0.717) is 19.6 Å². The molecule has 38 heavy (non-hydrogen) atoms. The van der Waals surface area contributed by atoms with Crippen molar-refractivity contribution >= 4 is 53.6 Å². The molecule has 0 aliphatic carbocycles. The van der Waals surface area contributed by atoms with E-state index in [-0.39, 0.29) is 24.5 Å². The molecule has 0 N–H and O–H groups in total. The SMILES string of the molecule is CC(=O)OCCCn1/c(=N/C(=O)c2cccc(C(F)(F)F)c2)n(COCC[Si](C)(C)C)c2cc(I)ccc21. The standard InChI is InChI=1S/C26H31F3IN3O4Si/c1-18(34)37-12-6-11-32-22-10-9-21(30)16-23(22)33(17-36-13-14-38(2,3)4)25(32)31-24(35)19-7-5-8-20(15-19)26(27,28)29/h5,7-10,15-16H,6,11-14,17H2,1-4H3/b31-25-. The van der Waals surface area contributed by atoms with Gasteiger partial charge in [0.25, 0.3) is 5.91 Å². The fourth-order valence-electron chi connectivity index (χ4n) is 3.73. The molecule has 0 saturated carbocycles. The Kier molecular flexibility index (Phi) is 9.98. The highest BCUT2D eigenvalue weighted by molar-refractivity contribution is 14.1. The molecule has 0 atom stereocenters. The van der Waals surface area contributed by atoms with Gasteiger partial charge in [0.1, 0.15) is 6.73 Å². The maximum atomic E-state index is 13.2. The van der Waals surface area contributed by atoms with Crippen LogP contribution in [0.3, 0.4) is 0 Å². The molecule has 0 bridgehead atoms. The average molecular weight is 662 g/mol. The maximum absolute atomic E-state index is 13.2. The number of ether oxygens (including phenoxy) is 2. The first-order valence-electron chi connectivity index (χ1n) is 12.1. The second-order valence-electron chi connectivity index (χ2n) is 10.0. The van der Waals surface area contributed by atoms with Crippen LogP contribution in [-0.4, -0.2) is 42.3 Å². The highest BCUT2D eigenvalue weighted by Crippen LogP contribution is 2.29. The molecule has 1 aromatic heterocycles. The van der Waals surface area contributed by atoms with E-state index < -0.39 is 31.7 Å².